The van der Waals surface area contributed by atoms with Crippen LogP contribution in [-0.2, 0) is 17.5 Å². The highest BCUT2D eigenvalue weighted by molar-refractivity contribution is 5.85. The maximum Gasteiger partial charge on any atom is 0.416 e. The van der Waals surface area contributed by atoms with E-state index in [-0.39, 0.29) is 36.5 Å². The minimum Gasteiger partial charge on any atom is -0.351 e. The van der Waals surface area contributed by atoms with Gasteiger partial charge in [0.15, 0.2) is 0 Å². The topological polar surface area (TPSA) is 41.1 Å². The Labute approximate surface area is 127 Å². The van der Waals surface area contributed by atoms with Crippen molar-refractivity contribution in [1.29, 1.82) is 0 Å². The van der Waals surface area contributed by atoms with Crippen LogP contribution in [-0.4, -0.2) is 18.5 Å². The van der Waals surface area contributed by atoms with Crippen LogP contribution in [0.1, 0.15) is 30.4 Å². The third-order valence-electron chi connectivity index (χ3n) is 3.40. The number of alkyl halides is 3. The fourth-order valence-electron chi connectivity index (χ4n) is 2.33. The van der Waals surface area contributed by atoms with Crippen molar-refractivity contribution in [2.24, 2.45) is 0 Å². The molecule has 1 atom stereocenters. The number of nitrogens with one attached hydrogen (secondary N) is 2. The molecule has 1 aliphatic rings. The van der Waals surface area contributed by atoms with Gasteiger partial charge in [0.1, 0.15) is 0 Å². The highest BCUT2D eigenvalue weighted by Gasteiger charge is 2.33. The molecule has 1 heterocycles. The van der Waals surface area contributed by atoms with E-state index in [4.69, 9.17) is 0 Å². The van der Waals surface area contributed by atoms with E-state index in [1.54, 1.807) is 0 Å². The van der Waals surface area contributed by atoms with Crippen LogP contribution in [0.25, 0.3) is 0 Å². The van der Waals surface area contributed by atoms with Crippen molar-refractivity contribution < 1.29 is 18.0 Å². The fourth-order valence-corrected chi connectivity index (χ4v) is 2.33. The Morgan fingerprint density at radius 1 is 1.29 bits per heavy atom. The average molecular weight is 323 g/mol. The second-order valence-electron chi connectivity index (χ2n) is 4.88. The molecule has 0 unspecified atom stereocenters. The number of piperidine rings is 1. The van der Waals surface area contributed by atoms with Crippen molar-refractivity contribution in [3.63, 3.8) is 0 Å². The molecule has 1 saturated heterocycles. The molecule has 2 rings (SSSR count). The Hall–Kier alpha value is -1.27. The molecule has 118 valence electrons. The fraction of sp³-hybridized carbons (Fsp3) is 0.500. The van der Waals surface area contributed by atoms with Crippen LogP contribution < -0.4 is 10.6 Å². The molecule has 1 amide bonds. The Balaban J connectivity index is 0.00000220. The summed E-state index contributed by atoms with van der Waals surface area (Å²) in [5.74, 6) is -0.235. The molecule has 1 fully saturated rings. The van der Waals surface area contributed by atoms with Crippen LogP contribution in [0.2, 0.25) is 0 Å². The number of hydrogen-bond donors (Lipinski definition) is 2. The van der Waals surface area contributed by atoms with E-state index in [2.05, 4.69) is 10.6 Å². The van der Waals surface area contributed by atoms with Gasteiger partial charge >= 0.3 is 6.18 Å². The van der Waals surface area contributed by atoms with Crippen molar-refractivity contribution >= 4 is 18.3 Å². The largest absolute Gasteiger partial charge is 0.416 e. The van der Waals surface area contributed by atoms with E-state index >= 15 is 0 Å². The Kier molecular flexibility index (Phi) is 6.48. The van der Waals surface area contributed by atoms with E-state index in [1.807, 2.05) is 0 Å². The van der Waals surface area contributed by atoms with E-state index < -0.39 is 11.7 Å². The SMILES string of the molecule is Cl.O=C(NCc1ccccc1C(F)(F)F)[C@@H]1CCCCN1. The maximum atomic E-state index is 12.8. The second-order valence-corrected chi connectivity index (χ2v) is 4.88. The lowest BCUT2D eigenvalue weighted by molar-refractivity contribution is -0.138. The van der Waals surface area contributed by atoms with Crippen molar-refractivity contribution in [1.82, 2.24) is 10.6 Å². The van der Waals surface area contributed by atoms with Gasteiger partial charge in [0.25, 0.3) is 0 Å². The molecule has 7 heteroatoms. The van der Waals surface area contributed by atoms with Gasteiger partial charge in [-0.25, -0.2) is 0 Å². The first kappa shape index (κ1) is 17.8. The summed E-state index contributed by atoms with van der Waals surface area (Å²) in [6.45, 7) is 0.671. The molecule has 0 radical (unpaired) electrons. The first-order valence-electron chi connectivity index (χ1n) is 6.64. The summed E-state index contributed by atoms with van der Waals surface area (Å²) in [5.41, 5.74) is -0.610. The summed E-state index contributed by atoms with van der Waals surface area (Å²) in [4.78, 5) is 11.9. The predicted octanol–water partition coefficient (Wildman–Crippen LogP) is 2.89. The van der Waals surface area contributed by atoms with Gasteiger partial charge in [-0.2, -0.15) is 13.2 Å². The van der Waals surface area contributed by atoms with Crippen LogP contribution >= 0.6 is 12.4 Å². The average Bonchev–Trinajstić information content (AvgIpc) is 2.45. The highest BCUT2D eigenvalue weighted by Crippen LogP contribution is 2.31. The lowest BCUT2D eigenvalue weighted by atomic mass is 10.0. The number of carbonyl (C=O) groups excluding carboxylic acids is 1. The normalized spacial score (nSPS) is 18.7. The Morgan fingerprint density at radius 2 is 2.00 bits per heavy atom. The molecule has 0 bridgehead atoms. The summed E-state index contributed by atoms with van der Waals surface area (Å²) < 4.78 is 38.4. The van der Waals surface area contributed by atoms with Gasteiger partial charge < -0.3 is 10.6 Å². The van der Waals surface area contributed by atoms with Crippen LogP contribution in [0.15, 0.2) is 24.3 Å². The van der Waals surface area contributed by atoms with Crippen molar-refractivity contribution in [3.05, 3.63) is 35.4 Å². The van der Waals surface area contributed by atoms with Crippen LogP contribution in [0, 0.1) is 0 Å². The zero-order valence-corrected chi connectivity index (χ0v) is 12.2. The zero-order valence-electron chi connectivity index (χ0n) is 11.4. The molecule has 21 heavy (non-hydrogen) atoms. The zero-order chi connectivity index (χ0) is 14.6. The number of hydrogen-bond acceptors (Lipinski definition) is 2. The van der Waals surface area contributed by atoms with Crippen LogP contribution in [0.4, 0.5) is 13.2 Å². The van der Waals surface area contributed by atoms with E-state index in [9.17, 15) is 18.0 Å². The van der Waals surface area contributed by atoms with Gasteiger partial charge in [0.2, 0.25) is 5.91 Å². The number of rotatable bonds is 3. The molecular formula is C14H18ClF3N2O. The quantitative estimate of drug-likeness (QED) is 0.898. The highest BCUT2D eigenvalue weighted by atomic mass is 35.5. The molecule has 3 nitrogen and oxygen atoms in total. The van der Waals surface area contributed by atoms with Crippen LogP contribution in [0.5, 0.6) is 0 Å². The van der Waals surface area contributed by atoms with Gasteiger partial charge in [-0.15, -0.1) is 12.4 Å². The molecule has 0 aromatic heterocycles. The number of benzene rings is 1. The van der Waals surface area contributed by atoms with Crippen molar-refractivity contribution in [3.8, 4) is 0 Å². The molecule has 2 N–H and O–H groups in total. The molecular weight excluding hydrogens is 305 g/mol. The lowest BCUT2D eigenvalue weighted by Crippen LogP contribution is -2.46. The smallest absolute Gasteiger partial charge is 0.351 e. The summed E-state index contributed by atoms with van der Waals surface area (Å²) >= 11 is 0. The summed E-state index contributed by atoms with van der Waals surface area (Å²) in [6, 6.07) is 5.01. The molecule has 0 aliphatic carbocycles. The molecule has 1 aromatic rings. The minimum atomic E-state index is -4.40. The summed E-state index contributed by atoms with van der Waals surface area (Å²) in [5, 5.41) is 5.65. The van der Waals surface area contributed by atoms with Gasteiger partial charge in [-0.1, -0.05) is 24.6 Å². The molecule has 0 saturated carbocycles. The summed E-state index contributed by atoms with van der Waals surface area (Å²) in [6.07, 6.45) is -1.68. The first-order chi connectivity index (χ1) is 9.48. The predicted molar refractivity (Wildman–Crippen MR) is 76.2 cm³/mol. The second kappa shape index (κ2) is 7.66. The third-order valence-corrected chi connectivity index (χ3v) is 3.40. The van der Waals surface area contributed by atoms with Gasteiger partial charge in [0, 0.05) is 6.54 Å². The first-order valence-corrected chi connectivity index (χ1v) is 6.64. The Morgan fingerprint density at radius 3 is 2.62 bits per heavy atom. The lowest BCUT2D eigenvalue weighted by Gasteiger charge is -2.23. The molecule has 1 aliphatic heterocycles. The maximum absolute atomic E-state index is 12.8. The molecule has 1 aromatic carbocycles. The van der Waals surface area contributed by atoms with E-state index in [1.165, 1.54) is 18.2 Å². The monoisotopic (exact) mass is 322 g/mol. The minimum absolute atomic E-state index is 0. The third kappa shape index (κ3) is 4.89. The van der Waals surface area contributed by atoms with Gasteiger partial charge in [-0.3, -0.25) is 4.79 Å². The van der Waals surface area contributed by atoms with E-state index in [0.29, 0.717) is 0 Å². The number of amides is 1. The molecule has 0 spiro atoms. The van der Waals surface area contributed by atoms with Gasteiger partial charge in [-0.05, 0) is 31.0 Å². The van der Waals surface area contributed by atoms with Crippen molar-refractivity contribution in [2.45, 2.75) is 38.0 Å². The van der Waals surface area contributed by atoms with Gasteiger partial charge in [0.05, 0.1) is 11.6 Å². The Bertz CT molecular complexity index is 474. The summed E-state index contributed by atoms with van der Waals surface area (Å²) in [7, 11) is 0. The van der Waals surface area contributed by atoms with Crippen molar-refractivity contribution in [2.75, 3.05) is 6.54 Å². The van der Waals surface area contributed by atoms with E-state index in [0.717, 1.165) is 31.9 Å². The standard InChI is InChI=1S/C14H17F3N2O.ClH/c15-14(16,17)11-6-2-1-5-10(11)9-19-13(20)12-7-3-4-8-18-12;/h1-2,5-6,12,18H,3-4,7-9H2,(H,19,20);1H/t12-;/m0./s1. The number of carbonyl (C=O) groups is 1. The van der Waals surface area contributed by atoms with Crippen LogP contribution in [0.3, 0.4) is 0 Å². The number of halogens is 4.